The molecule has 10 heavy (non-hydrogen) atoms. The van der Waals surface area contributed by atoms with Gasteiger partial charge in [0.05, 0.1) is 12.5 Å². The van der Waals surface area contributed by atoms with Crippen LogP contribution in [-0.4, -0.2) is 19.1 Å². The number of methoxy groups -OCH3 is 1. The Morgan fingerprint density at radius 3 is 2.30 bits per heavy atom. The average molecular weight is 143 g/mol. The van der Waals surface area contributed by atoms with E-state index in [2.05, 4.69) is 4.74 Å². The summed E-state index contributed by atoms with van der Waals surface area (Å²) in [7, 11) is 1.41. The van der Waals surface area contributed by atoms with Crippen LogP contribution in [-0.2, 0) is 9.53 Å². The number of carbonyl (C=O) groups is 1. The molecule has 1 aliphatic carbocycles. The predicted octanol–water partition coefficient (Wildman–Crippen LogP) is 0.287. The van der Waals surface area contributed by atoms with Gasteiger partial charge in [0, 0.05) is 6.04 Å². The lowest BCUT2D eigenvalue weighted by Gasteiger charge is -2.15. The molecule has 1 aliphatic rings. The van der Waals surface area contributed by atoms with Crippen molar-refractivity contribution in [2.45, 2.75) is 25.8 Å². The molecule has 0 unspecified atom stereocenters. The minimum absolute atomic E-state index is 0.0695. The molecule has 0 aromatic carbocycles. The molecule has 1 saturated carbocycles. The van der Waals surface area contributed by atoms with Crippen molar-refractivity contribution in [2.24, 2.45) is 11.1 Å². The third kappa shape index (κ3) is 0.904. The van der Waals surface area contributed by atoms with Gasteiger partial charge in [-0.05, 0) is 19.8 Å². The summed E-state index contributed by atoms with van der Waals surface area (Å²) in [6.45, 7) is 1.85. The van der Waals surface area contributed by atoms with Gasteiger partial charge in [0.2, 0.25) is 0 Å². The van der Waals surface area contributed by atoms with E-state index < -0.39 is 0 Å². The van der Waals surface area contributed by atoms with Crippen LogP contribution in [0.3, 0.4) is 0 Å². The fourth-order valence-electron chi connectivity index (χ4n) is 1.18. The largest absolute Gasteiger partial charge is 0.469 e. The van der Waals surface area contributed by atoms with Crippen molar-refractivity contribution in [1.82, 2.24) is 0 Å². The fourth-order valence-corrected chi connectivity index (χ4v) is 1.18. The molecule has 3 heteroatoms. The SMILES string of the molecule is COC(=O)C1([C@H](C)N)CC1. The summed E-state index contributed by atoms with van der Waals surface area (Å²) >= 11 is 0. The van der Waals surface area contributed by atoms with E-state index in [0.717, 1.165) is 12.8 Å². The molecule has 1 rings (SSSR count). The molecule has 0 aromatic heterocycles. The Morgan fingerprint density at radius 2 is 2.20 bits per heavy atom. The first-order valence-corrected chi connectivity index (χ1v) is 3.47. The number of hydrogen-bond acceptors (Lipinski definition) is 3. The van der Waals surface area contributed by atoms with Crippen LogP contribution >= 0.6 is 0 Å². The molecule has 0 bridgehead atoms. The van der Waals surface area contributed by atoms with Gasteiger partial charge in [-0.2, -0.15) is 0 Å². The van der Waals surface area contributed by atoms with Gasteiger partial charge in [-0.3, -0.25) is 4.79 Å². The summed E-state index contributed by atoms with van der Waals surface area (Å²) in [5, 5.41) is 0. The zero-order chi connectivity index (χ0) is 7.78. The van der Waals surface area contributed by atoms with Crippen LogP contribution < -0.4 is 5.73 Å². The lowest BCUT2D eigenvalue weighted by Crippen LogP contribution is -2.35. The number of carbonyl (C=O) groups excluding carboxylic acids is 1. The van der Waals surface area contributed by atoms with Crippen molar-refractivity contribution in [3.05, 3.63) is 0 Å². The van der Waals surface area contributed by atoms with E-state index in [0.29, 0.717) is 0 Å². The number of rotatable bonds is 2. The van der Waals surface area contributed by atoms with E-state index in [-0.39, 0.29) is 17.4 Å². The van der Waals surface area contributed by atoms with Crippen LogP contribution in [0.4, 0.5) is 0 Å². The molecule has 1 atom stereocenters. The predicted molar refractivity (Wildman–Crippen MR) is 37.3 cm³/mol. The van der Waals surface area contributed by atoms with Crippen molar-refractivity contribution >= 4 is 5.97 Å². The first kappa shape index (κ1) is 7.54. The van der Waals surface area contributed by atoms with Crippen molar-refractivity contribution in [1.29, 1.82) is 0 Å². The van der Waals surface area contributed by atoms with Crippen LogP contribution in [0.5, 0.6) is 0 Å². The maximum absolute atomic E-state index is 11.0. The van der Waals surface area contributed by atoms with Crippen LogP contribution in [0.1, 0.15) is 19.8 Å². The van der Waals surface area contributed by atoms with Crippen LogP contribution in [0, 0.1) is 5.41 Å². The highest BCUT2D eigenvalue weighted by molar-refractivity contribution is 5.80. The Balaban J connectivity index is 2.60. The van der Waals surface area contributed by atoms with E-state index in [1.165, 1.54) is 7.11 Å². The van der Waals surface area contributed by atoms with E-state index in [1.54, 1.807) is 0 Å². The van der Waals surface area contributed by atoms with E-state index >= 15 is 0 Å². The topological polar surface area (TPSA) is 52.3 Å². The Kier molecular flexibility index (Phi) is 1.68. The second kappa shape index (κ2) is 2.23. The maximum atomic E-state index is 11.0. The summed E-state index contributed by atoms with van der Waals surface area (Å²) in [6, 6.07) is -0.0695. The third-order valence-corrected chi connectivity index (χ3v) is 2.25. The smallest absolute Gasteiger partial charge is 0.313 e. The van der Waals surface area contributed by atoms with Crippen molar-refractivity contribution in [2.75, 3.05) is 7.11 Å². The monoisotopic (exact) mass is 143 g/mol. The van der Waals surface area contributed by atoms with Crippen molar-refractivity contribution < 1.29 is 9.53 Å². The average Bonchev–Trinajstić information content (AvgIpc) is 2.65. The first-order chi connectivity index (χ1) is 4.63. The highest BCUT2D eigenvalue weighted by Gasteiger charge is 2.53. The zero-order valence-corrected chi connectivity index (χ0v) is 6.39. The fraction of sp³-hybridized carbons (Fsp3) is 0.857. The van der Waals surface area contributed by atoms with Crippen molar-refractivity contribution in [3.63, 3.8) is 0 Å². The molecule has 3 nitrogen and oxygen atoms in total. The summed E-state index contributed by atoms with van der Waals surface area (Å²) in [5.41, 5.74) is 5.28. The molecule has 2 N–H and O–H groups in total. The summed E-state index contributed by atoms with van der Waals surface area (Å²) in [4.78, 5) is 11.0. The Bertz CT molecular complexity index is 150. The molecular formula is C7H13NO2. The molecule has 0 aliphatic heterocycles. The second-order valence-electron chi connectivity index (χ2n) is 2.94. The number of esters is 1. The molecule has 0 heterocycles. The van der Waals surface area contributed by atoms with Crippen molar-refractivity contribution in [3.8, 4) is 0 Å². The molecule has 0 spiro atoms. The Labute approximate surface area is 60.5 Å². The van der Waals surface area contributed by atoms with Crippen LogP contribution in [0.25, 0.3) is 0 Å². The van der Waals surface area contributed by atoms with Gasteiger partial charge in [0.15, 0.2) is 0 Å². The lowest BCUT2D eigenvalue weighted by atomic mass is 9.99. The Hall–Kier alpha value is -0.570. The quantitative estimate of drug-likeness (QED) is 0.565. The molecule has 0 radical (unpaired) electrons. The normalized spacial score (nSPS) is 23.5. The Morgan fingerprint density at radius 1 is 1.70 bits per heavy atom. The number of hydrogen-bond donors (Lipinski definition) is 1. The number of ether oxygens (including phenoxy) is 1. The van der Waals surface area contributed by atoms with E-state index in [4.69, 9.17) is 5.73 Å². The van der Waals surface area contributed by atoms with Crippen LogP contribution in [0.15, 0.2) is 0 Å². The lowest BCUT2D eigenvalue weighted by molar-refractivity contribution is -0.147. The van der Waals surface area contributed by atoms with Gasteiger partial charge in [0.25, 0.3) is 0 Å². The molecule has 0 saturated heterocycles. The molecular weight excluding hydrogens is 130 g/mol. The third-order valence-electron chi connectivity index (χ3n) is 2.25. The summed E-state index contributed by atoms with van der Waals surface area (Å²) in [5.74, 6) is -0.150. The van der Waals surface area contributed by atoms with Gasteiger partial charge in [-0.1, -0.05) is 0 Å². The van der Waals surface area contributed by atoms with Gasteiger partial charge < -0.3 is 10.5 Å². The standard InChI is InChI=1S/C7H13NO2/c1-5(8)7(3-4-7)6(9)10-2/h5H,3-4,8H2,1-2H3/t5-/m0/s1. The highest BCUT2D eigenvalue weighted by atomic mass is 16.5. The van der Waals surface area contributed by atoms with Gasteiger partial charge >= 0.3 is 5.97 Å². The molecule has 0 amide bonds. The molecule has 0 aromatic rings. The van der Waals surface area contributed by atoms with Gasteiger partial charge in [-0.15, -0.1) is 0 Å². The summed E-state index contributed by atoms with van der Waals surface area (Å²) < 4.78 is 4.62. The van der Waals surface area contributed by atoms with E-state index in [1.807, 2.05) is 6.92 Å². The van der Waals surface area contributed by atoms with Crippen LogP contribution in [0.2, 0.25) is 0 Å². The minimum atomic E-state index is -0.325. The van der Waals surface area contributed by atoms with E-state index in [9.17, 15) is 4.79 Å². The zero-order valence-electron chi connectivity index (χ0n) is 6.39. The highest BCUT2D eigenvalue weighted by Crippen LogP contribution is 2.48. The van der Waals surface area contributed by atoms with Gasteiger partial charge in [-0.25, -0.2) is 0 Å². The first-order valence-electron chi connectivity index (χ1n) is 3.47. The maximum Gasteiger partial charge on any atom is 0.313 e. The molecule has 58 valence electrons. The summed E-state index contributed by atoms with van der Waals surface area (Å²) in [6.07, 6.45) is 1.77. The number of nitrogens with two attached hydrogens (primary N) is 1. The van der Waals surface area contributed by atoms with Gasteiger partial charge in [0.1, 0.15) is 0 Å². The minimum Gasteiger partial charge on any atom is -0.469 e. The second-order valence-corrected chi connectivity index (χ2v) is 2.94. The molecule has 1 fully saturated rings.